The highest BCUT2D eigenvalue weighted by Gasteiger charge is 2.34. The zero-order chi connectivity index (χ0) is 25.3. The van der Waals surface area contributed by atoms with Gasteiger partial charge in [0.1, 0.15) is 5.00 Å². The van der Waals surface area contributed by atoms with Crippen molar-refractivity contribution in [2.24, 2.45) is 18.4 Å². The van der Waals surface area contributed by atoms with Crippen LogP contribution in [0, 0.1) is 11.3 Å². The van der Waals surface area contributed by atoms with Gasteiger partial charge in [0, 0.05) is 24.1 Å². The summed E-state index contributed by atoms with van der Waals surface area (Å²) >= 11 is 2.86. The highest BCUT2D eigenvalue weighted by molar-refractivity contribution is 7.99. The third-order valence-electron chi connectivity index (χ3n) is 6.63. The standard InChI is InChI=1S/C26H31N3O4S2/c1-26(2,3)15-10-11-17-19(14-15)35-22(21(17)24(32)33-5)28-20(30)12-13-34-25-27-18-9-7-6-8-16(18)23(31)29(25)4/h6-9,15H,10-14H2,1-5H3,(H,28,30). The van der Waals surface area contributed by atoms with E-state index in [9.17, 15) is 14.4 Å². The van der Waals surface area contributed by atoms with E-state index < -0.39 is 5.97 Å². The number of anilines is 1. The molecule has 2 aromatic heterocycles. The van der Waals surface area contributed by atoms with E-state index in [1.54, 1.807) is 13.1 Å². The van der Waals surface area contributed by atoms with Gasteiger partial charge in [0.05, 0.1) is 23.6 Å². The SMILES string of the molecule is COC(=O)c1c(NC(=O)CCSc2nc3ccccc3c(=O)n2C)sc2c1CCC(C(C)(C)C)C2. The number of benzene rings is 1. The van der Waals surface area contributed by atoms with E-state index in [1.165, 1.54) is 34.8 Å². The van der Waals surface area contributed by atoms with Crippen molar-refractivity contribution in [3.05, 3.63) is 50.6 Å². The Morgan fingerprint density at radius 2 is 2.03 bits per heavy atom. The summed E-state index contributed by atoms with van der Waals surface area (Å²) in [5, 5.41) is 4.67. The van der Waals surface area contributed by atoms with Gasteiger partial charge in [0.2, 0.25) is 5.91 Å². The highest BCUT2D eigenvalue weighted by atomic mass is 32.2. The summed E-state index contributed by atoms with van der Waals surface area (Å²) in [5.74, 6) is 0.395. The maximum atomic E-state index is 12.8. The van der Waals surface area contributed by atoms with Crippen LogP contribution in [-0.2, 0) is 29.4 Å². The van der Waals surface area contributed by atoms with Crippen molar-refractivity contribution >= 4 is 50.9 Å². The number of nitrogens with zero attached hydrogens (tertiary/aromatic N) is 2. The monoisotopic (exact) mass is 513 g/mol. The Hall–Kier alpha value is -2.65. The van der Waals surface area contributed by atoms with Gasteiger partial charge in [-0.15, -0.1) is 11.3 Å². The molecule has 2 heterocycles. The lowest BCUT2D eigenvalue weighted by atomic mass is 9.72. The maximum absolute atomic E-state index is 12.8. The Balaban J connectivity index is 1.46. The Morgan fingerprint density at radius 3 is 2.74 bits per heavy atom. The molecule has 0 bridgehead atoms. The molecule has 0 radical (unpaired) electrons. The van der Waals surface area contributed by atoms with E-state index in [0.717, 1.165) is 29.7 Å². The zero-order valence-corrected chi connectivity index (χ0v) is 22.4. The molecule has 9 heteroatoms. The van der Waals surface area contributed by atoms with Crippen LogP contribution in [0.15, 0.2) is 34.2 Å². The summed E-state index contributed by atoms with van der Waals surface area (Å²) in [6.45, 7) is 6.74. The van der Waals surface area contributed by atoms with Crippen LogP contribution in [0.4, 0.5) is 5.00 Å². The molecule has 4 rings (SSSR count). The van der Waals surface area contributed by atoms with Crippen molar-refractivity contribution < 1.29 is 14.3 Å². The number of amides is 1. The van der Waals surface area contributed by atoms with Gasteiger partial charge in [-0.05, 0) is 48.3 Å². The van der Waals surface area contributed by atoms with Crippen LogP contribution in [0.1, 0.15) is 54.4 Å². The molecule has 1 aromatic carbocycles. The van der Waals surface area contributed by atoms with Crippen molar-refractivity contribution in [3.8, 4) is 0 Å². The Morgan fingerprint density at radius 1 is 1.29 bits per heavy atom. The number of esters is 1. The minimum Gasteiger partial charge on any atom is -0.465 e. The number of hydrogen-bond acceptors (Lipinski definition) is 7. The summed E-state index contributed by atoms with van der Waals surface area (Å²) < 4.78 is 6.56. The van der Waals surface area contributed by atoms with Gasteiger partial charge < -0.3 is 10.1 Å². The molecule has 0 saturated carbocycles. The fraction of sp³-hybridized carbons (Fsp3) is 0.462. The van der Waals surface area contributed by atoms with Crippen LogP contribution in [0.25, 0.3) is 10.9 Å². The average Bonchev–Trinajstić information content (AvgIpc) is 3.18. The number of rotatable bonds is 6. The molecule has 1 unspecified atom stereocenters. The third kappa shape index (κ3) is 5.30. The number of fused-ring (bicyclic) bond motifs is 2. The Bertz CT molecular complexity index is 1340. The molecular weight excluding hydrogens is 482 g/mol. The molecule has 0 aliphatic heterocycles. The van der Waals surface area contributed by atoms with Gasteiger partial charge in [0.25, 0.3) is 5.56 Å². The van der Waals surface area contributed by atoms with Crippen LogP contribution < -0.4 is 10.9 Å². The molecule has 186 valence electrons. The van der Waals surface area contributed by atoms with E-state index in [-0.39, 0.29) is 23.3 Å². The maximum Gasteiger partial charge on any atom is 0.341 e. The van der Waals surface area contributed by atoms with Crippen LogP contribution in [-0.4, -0.2) is 34.3 Å². The molecule has 0 fully saturated rings. The van der Waals surface area contributed by atoms with E-state index in [2.05, 4.69) is 31.1 Å². The molecule has 1 aliphatic rings. The number of thiophene rings is 1. The predicted octanol–water partition coefficient (Wildman–Crippen LogP) is 5.05. The molecule has 1 atom stereocenters. The predicted molar refractivity (Wildman–Crippen MR) is 142 cm³/mol. The van der Waals surface area contributed by atoms with Crippen molar-refractivity contribution in [1.29, 1.82) is 0 Å². The van der Waals surface area contributed by atoms with Crippen LogP contribution >= 0.6 is 23.1 Å². The number of methoxy groups -OCH3 is 1. The van der Waals surface area contributed by atoms with Crippen molar-refractivity contribution in [3.63, 3.8) is 0 Å². The Kier molecular flexibility index (Phi) is 7.38. The minimum atomic E-state index is -0.406. The first-order chi connectivity index (χ1) is 16.6. The lowest BCUT2D eigenvalue weighted by Crippen LogP contribution is -2.26. The van der Waals surface area contributed by atoms with Crippen molar-refractivity contribution in [2.75, 3.05) is 18.2 Å². The first-order valence-corrected chi connectivity index (χ1v) is 13.5. The van der Waals surface area contributed by atoms with E-state index in [1.807, 2.05) is 18.2 Å². The quantitative estimate of drug-likeness (QED) is 0.282. The van der Waals surface area contributed by atoms with Gasteiger partial charge >= 0.3 is 5.97 Å². The number of ether oxygens (including phenoxy) is 1. The van der Waals surface area contributed by atoms with E-state index >= 15 is 0 Å². The normalized spacial score (nSPS) is 15.6. The second-order valence-electron chi connectivity index (χ2n) is 9.93. The van der Waals surface area contributed by atoms with Gasteiger partial charge in [-0.1, -0.05) is 44.7 Å². The number of aromatic nitrogens is 2. The van der Waals surface area contributed by atoms with Gasteiger partial charge in [-0.2, -0.15) is 0 Å². The molecule has 0 spiro atoms. The summed E-state index contributed by atoms with van der Waals surface area (Å²) in [6.07, 6.45) is 2.95. The highest BCUT2D eigenvalue weighted by Crippen LogP contribution is 2.44. The number of hydrogen-bond donors (Lipinski definition) is 1. The lowest BCUT2D eigenvalue weighted by Gasteiger charge is -2.33. The fourth-order valence-electron chi connectivity index (χ4n) is 4.48. The minimum absolute atomic E-state index is 0.108. The Labute approximate surface area is 213 Å². The van der Waals surface area contributed by atoms with E-state index in [4.69, 9.17) is 4.74 Å². The molecule has 35 heavy (non-hydrogen) atoms. The average molecular weight is 514 g/mol. The molecule has 0 saturated heterocycles. The van der Waals surface area contributed by atoms with Gasteiger partial charge in [0.15, 0.2) is 5.16 Å². The van der Waals surface area contributed by atoms with Crippen LogP contribution in [0.2, 0.25) is 0 Å². The second kappa shape index (κ2) is 10.1. The summed E-state index contributed by atoms with van der Waals surface area (Å²) in [4.78, 5) is 43.7. The second-order valence-corrected chi connectivity index (χ2v) is 12.1. The topological polar surface area (TPSA) is 90.3 Å². The smallest absolute Gasteiger partial charge is 0.341 e. The summed E-state index contributed by atoms with van der Waals surface area (Å²) in [5.41, 5.74) is 2.23. The zero-order valence-electron chi connectivity index (χ0n) is 20.8. The number of carbonyl (C=O) groups excluding carboxylic acids is 2. The van der Waals surface area contributed by atoms with Crippen molar-refractivity contribution in [2.45, 2.75) is 51.6 Å². The fourth-order valence-corrected chi connectivity index (χ4v) is 6.72. The first-order valence-electron chi connectivity index (χ1n) is 11.7. The number of para-hydroxylation sites is 1. The van der Waals surface area contributed by atoms with Crippen molar-refractivity contribution in [1.82, 2.24) is 9.55 Å². The summed E-state index contributed by atoms with van der Waals surface area (Å²) in [7, 11) is 3.06. The number of nitrogens with one attached hydrogen (secondary N) is 1. The van der Waals surface area contributed by atoms with Crippen LogP contribution in [0.3, 0.4) is 0 Å². The first kappa shape index (κ1) is 25.4. The molecule has 1 amide bonds. The molecular formula is C26H31N3O4S2. The van der Waals surface area contributed by atoms with Gasteiger partial charge in [-0.3, -0.25) is 14.2 Å². The summed E-state index contributed by atoms with van der Waals surface area (Å²) in [6, 6.07) is 7.23. The molecule has 7 nitrogen and oxygen atoms in total. The third-order valence-corrected chi connectivity index (χ3v) is 8.84. The molecule has 1 aliphatic carbocycles. The van der Waals surface area contributed by atoms with E-state index in [0.29, 0.717) is 38.3 Å². The van der Waals surface area contributed by atoms with Gasteiger partial charge in [-0.25, -0.2) is 9.78 Å². The van der Waals surface area contributed by atoms with Crippen LogP contribution in [0.5, 0.6) is 0 Å². The lowest BCUT2D eigenvalue weighted by molar-refractivity contribution is -0.115. The number of carbonyl (C=O) groups is 2. The molecule has 3 aromatic rings. The number of thioether (sulfide) groups is 1. The largest absolute Gasteiger partial charge is 0.465 e. The molecule has 1 N–H and O–H groups in total.